The Morgan fingerprint density at radius 2 is 1.82 bits per heavy atom. The number of thioether (sulfide) groups is 1. The molecular weight excluding hydrogens is 296 g/mol. The van der Waals surface area contributed by atoms with Crippen LogP contribution in [0.3, 0.4) is 0 Å². The molecule has 0 aliphatic carbocycles. The third-order valence-electron chi connectivity index (χ3n) is 3.74. The molecule has 2 aromatic rings. The van der Waals surface area contributed by atoms with Gasteiger partial charge >= 0.3 is 5.97 Å². The van der Waals surface area contributed by atoms with E-state index in [4.69, 9.17) is 9.47 Å². The number of carbonyl (C=O) groups excluding carboxylic acids is 1. The SMILES string of the molecule is COc1ccccc1[C@H]1CC(=O)O[C@@H](Sc2ccccc2)C1. The van der Waals surface area contributed by atoms with Crippen LogP contribution in [0.1, 0.15) is 24.3 Å². The lowest BCUT2D eigenvalue weighted by Gasteiger charge is -2.29. The number of hydrogen-bond donors (Lipinski definition) is 0. The van der Waals surface area contributed by atoms with Gasteiger partial charge in [-0.3, -0.25) is 4.79 Å². The van der Waals surface area contributed by atoms with Gasteiger partial charge in [0.1, 0.15) is 5.75 Å². The first kappa shape index (κ1) is 15.0. The lowest BCUT2D eigenvalue weighted by molar-refractivity contribution is -0.149. The first-order chi connectivity index (χ1) is 10.8. The minimum absolute atomic E-state index is 0.138. The van der Waals surface area contributed by atoms with Crippen LogP contribution in [-0.4, -0.2) is 18.5 Å². The van der Waals surface area contributed by atoms with Crippen LogP contribution in [0.15, 0.2) is 59.5 Å². The number of ether oxygens (including phenoxy) is 2. The van der Waals surface area contributed by atoms with Gasteiger partial charge in [0, 0.05) is 17.2 Å². The number of rotatable bonds is 4. The maximum absolute atomic E-state index is 12.0. The molecule has 114 valence electrons. The number of esters is 1. The Morgan fingerprint density at radius 1 is 1.09 bits per heavy atom. The highest BCUT2D eigenvalue weighted by Gasteiger charge is 2.31. The number of carbonyl (C=O) groups is 1. The van der Waals surface area contributed by atoms with Crippen LogP contribution in [0, 0.1) is 0 Å². The molecule has 4 heteroatoms. The standard InChI is InChI=1S/C18H18O3S/c1-20-16-10-6-5-9-15(16)13-11-17(19)21-18(12-13)22-14-7-3-2-4-8-14/h2-10,13,18H,11-12H2,1H3/t13-,18-/m0/s1. The second-order valence-electron chi connectivity index (χ2n) is 5.23. The highest BCUT2D eigenvalue weighted by molar-refractivity contribution is 7.99. The maximum atomic E-state index is 12.0. The number of methoxy groups -OCH3 is 1. The fourth-order valence-electron chi connectivity index (χ4n) is 2.72. The average molecular weight is 314 g/mol. The van der Waals surface area contributed by atoms with Crippen molar-refractivity contribution in [2.75, 3.05) is 7.11 Å². The molecule has 0 radical (unpaired) electrons. The van der Waals surface area contributed by atoms with Gasteiger partial charge in [-0.05, 0) is 23.8 Å². The van der Waals surface area contributed by atoms with Crippen molar-refractivity contribution in [1.29, 1.82) is 0 Å². The fraction of sp³-hybridized carbons (Fsp3) is 0.278. The number of hydrogen-bond acceptors (Lipinski definition) is 4. The van der Waals surface area contributed by atoms with Crippen LogP contribution < -0.4 is 4.74 Å². The van der Waals surface area contributed by atoms with Crippen molar-refractivity contribution in [3.63, 3.8) is 0 Å². The highest BCUT2D eigenvalue weighted by Crippen LogP contribution is 2.40. The van der Waals surface area contributed by atoms with Crippen LogP contribution in [0.4, 0.5) is 0 Å². The molecule has 1 aliphatic heterocycles. The summed E-state index contributed by atoms with van der Waals surface area (Å²) in [6, 6.07) is 17.9. The monoisotopic (exact) mass is 314 g/mol. The minimum Gasteiger partial charge on any atom is -0.496 e. The largest absolute Gasteiger partial charge is 0.496 e. The summed E-state index contributed by atoms with van der Waals surface area (Å²) < 4.78 is 10.9. The second kappa shape index (κ2) is 6.88. The molecule has 0 amide bonds. The third-order valence-corrected chi connectivity index (χ3v) is 4.84. The van der Waals surface area contributed by atoms with Gasteiger partial charge in [0.25, 0.3) is 0 Å². The van der Waals surface area contributed by atoms with E-state index in [-0.39, 0.29) is 17.3 Å². The Morgan fingerprint density at radius 3 is 2.59 bits per heavy atom. The Kier molecular flexibility index (Phi) is 4.68. The Hall–Kier alpha value is -1.94. The molecule has 1 fully saturated rings. The molecule has 1 aliphatic rings. The molecule has 3 nitrogen and oxygen atoms in total. The average Bonchev–Trinajstić information content (AvgIpc) is 2.55. The van der Waals surface area contributed by atoms with Crippen LogP contribution >= 0.6 is 11.8 Å². The van der Waals surface area contributed by atoms with Gasteiger partial charge in [-0.2, -0.15) is 0 Å². The molecule has 3 rings (SSSR count). The van der Waals surface area contributed by atoms with E-state index in [1.807, 2.05) is 54.6 Å². The van der Waals surface area contributed by atoms with Gasteiger partial charge in [-0.1, -0.05) is 48.2 Å². The molecule has 0 saturated carbocycles. The summed E-state index contributed by atoms with van der Waals surface area (Å²) in [7, 11) is 1.66. The normalized spacial score (nSPS) is 21.2. The predicted octanol–water partition coefficient (Wildman–Crippen LogP) is 4.23. The molecule has 22 heavy (non-hydrogen) atoms. The van der Waals surface area contributed by atoms with Gasteiger partial charge in [-0.15, -0.1) is 0 Å². The summed E-state index contributed by atoms with van der Waals surface area (Å²) >= 11 is 1.60. The zero-order valence-electron chi connectivity index (χ0n) is 12.4. The second-order valence-corrected chi connectivity index (χ2v) is 6.46. The van der Waals surface area contributed by atoms with Crippen molar-refractivity contribution in [2.24, 2.45) is 0 Å². The number of benzene rings is 2. The first-order valence-electron chi connectivity index (χ1n) is 7.30. The van der Waals surface area contributed by atoms with E-state index in [0.29, 0.717) is 6.42 Å². The highest BCUT2D eigenvalue weighted by atomic mass is 32.2. The summed E-state index contributed by atoms with van der Waals surface area (Å²) in [6.07, 6.45) is 1.21. The number of para-hydroxylation sites is 1. The van der Waals surface area contributed by atoms with Crippen molar-refractivity contribution >= 4 is 17.7 Å². The molecule has 0 spiro atoms. The van der Waals surface area contributed by atoms with Gasteiger partial charge in [0.05, 0.1) is 13.5 Å². The fourth-order valence-corrected chi connectivity index (χ4v) is 3.83. The molecule has 2 atom stereocenters. The van der Waals surface area contributed by atoms with Crippen molar-refractivity contribution in [1.82, 2.24) is 0 Å². The zero-order chi connectivity index (χ0) is 15.4. The lowest BCUT2D eigenvalue weighted by atomic mass is 9.90. The van der Waals surface area contributed by atoms with Crippen LogP contribution in [-0.2, 0) is 9.53 Å². The lowest BCUT2D eigenvalue weighted by Crippen LogP contribution is -2.26. The van der Waals surface area contributed by atoms with E-state index in [2.05, 4.69) is 0 Å². The van der Waals surface area contributed by atoms with Gasteiger partial charge in [-0.25, -0.2) is 0 Å². The maximum Gasteiger partial charge on any atom is 0.307 e. The van der Waals surface area contributed by atoms with Gasteiger partial charge in [0.2, 0.25) is 0 Å². The Balaban J connectivity index is 1.77. The van der Waals surface area contributed by atoms with E-state index < -0.39 is 0 Å². The molecule has 0 aromatic heterocycles. The smallest absolute Gasteiger partial charge is 0.307 e. The minimum atomic E-state index is -0.154. The molecule has 2 aromatic carbocycles. The molecule has 0 unspecified atom stereocenters. The summed E-state index contributed by atoms with van der Waals surface area (Å²) in [6.45, 7) is 0. The van der Waals surface area contributed by atoms with Gasteiger partial charge < -0.3 is 9.47 Å². The van der Waals surface area contributed by atoms with E-state index in [1.54, 1.807) is 18.9 Å². The van der Waals surface area contributed by atoms with E-state index in [0.717, 1.165) is 22.6 Å². The summed E-state index contributed by atoms with van der Waals surface area (Å²) in [5.74, 6) is 0.833. The number of cyclic esters (lactones) is 1. The zero-order valence-corrected chi connectivity index (χ0v) is 13.2. The van der Waals surface area contributed by atoms with Gasteiger partial charge in [0.15, 0.2) is 5.44 Å². The van der Waals surface area contributed by atoms with Crippen LogP contribution in [0.5, 0.6) is 5.75 Å². The first-order valence-corrected chi connectivity index (χ1v) is 8.18. The quantitative estimate of drug-likeness (QED) is 0.791. The van der Waals surface area contributed by atoms with Crippen molar-refractivity contribution < 1.29 is 14.3 Å². The summed E-state index contributed by atoms with van der Waals surface area (Å²) in [5.41, 5.74) is 0.930. The van der Waals surface area contributed by atoms with Crippen molar-refractivity contribution in [2.45, 2.75) is 29.1 Å². The summed E-state index contributed by atoms with van der Waals surface area (Å²) in [4.78, 5) is 13.1. The van der Waals surface area contributed by atoms with E-state index in [9.17, 15) is 4.79 Å². The third kappa shape index (κ3) is 3.45. The molecule has 0 N–H and O–H groups in total. The Labute approximate surface area is 134 Å². The van der Waals surface area contributed by atoms with E-state index in [1.165, 1.54) is 0 Å². The van der Waals surface area contributed by atoms with E-state index >= 15 is 0 Å². The molecule has 1 saturated heterocycles. The topological polar surface area (TPSA) is 35.5 Å². The molecule has 0 bridgehead atoms. The van der Waals surface area contributed by atoms with Crippen molar-refractivity contribution in [3.8, 4) is 5.75 Å². The van der Waals surface area contributed by atoms with Crippen LogP contribution in [0.2, 0.25) is 0 Å². The molecular formula is C18H18O3S. The predicted molar refractivity (Wildman–Crippen MR) is 87.1 cm³/mol. The van der Waals surface area contributed by atoms with Crippen molar-refractivity contribution in [3.05, 3.63) is 60.2 Å². The van der Waals surface area contributed by atoms with Crippen LogP contribution in [0.25, 0.3) is 0 Å². The molecule has 1 heterocycles. The Bertz CT molecular complexity index is 642. The summed E-state index contributed by atoms with van der Waals surface area (Å²) in [5, 5.41) is 0.